The molecule has 5 heteroatoms. The number of rotatable bonds is 1. The van der Waals surface area contributed by atoms with Gasteiger partial charge in [-0.05, 0) is 19.0 Å². The van der Waals surface area contributed by atoms with Crippen molar-refractivity contribution in [1.82, 2.24) is 15.2 Å². The van der Waals surface area contributed by atoms with Crippen molar-refractivity contribution in [2.24, 2.45) is 0 Å². The molecule has 0 saturated carbocycles. The number of aromatic nitrogens is 1. The first-order valence-corrected chi connectivity index (χ1v) is 5.47. The molecular weight excluding hydrogens is 206 g/mol. The Hall–Kier alpha value is -1.62. The van der Waals surface area contributed by atoms with Crippen molar-refractivity contribution in [2.45, 2.75) is 6.42 Å². The predicted octanol–water partition coefficient (Wildman–Crippen LogP) is -0.190. The van der Waals surface area contributed by atoms with Crippen LogP contribution in [0.5, 0.6) is 0 Å². The van der Waals surface area contributed by atoms with Crippen LogP contribution in [0.1, 0.15) is 16.9 Å². The molecule has 1 aromatic rings. The second-order valence-electron chi connectivity index (χ2n) is 3.82. The molecule has 86 valence electrons. The number of nitrogens with zero attached hydrogens (tertiary/aromatic N) is 1. The molecule has 0 aliphatic carbocycles. The van der Waals surface area contributed by atoms with E-state index in [1.54, 1.807) is 17.0 Å². The first-order valence-electron chi connectivity index (χ1n) is 5.47. The van der Waals surface area contributed by atoms with Gasteiger partial charge in [0.05, 0.1) is 0 Å². The zero-order valence-corrected chi connectivity index (χ0v) is 9.03. The summed E-state index contributed by atoms with van der Waals surface area (Å²) in [4.78, 5) is 27.5. The zero-order chi connectivity index (χ0) is 11.4. The fourth-order valence-electron chi connectivity index (χ4n) is 1.79. The lowest BCUT2D eigenvalue weighted by Crippen LogP contribution is -2.35. The largest absolute Gasteiger partial charge is 0.336 e. The van der Waals surface area contributed by atoms with Crippen LogP contribution >= 0.6 is 0 Å². The quantitative estimate of drug-likeness (QED) is 0.691. The summed E-state index contributed by atoms with van der Waals surface area (Å²) in [6.45, 7) is 3.18. The number of carbonyl (C=O) groups excluding carboxylic acids is 1. The zero-order valence-electron chi connectivity index (χ0n) is 9.03. The van der Waals surface area contributed by atoms with Gasteiger partial charge in [-0.25, -0.2) is 0 Å². The summed E-state index contributed by atoms with van der Waals surface area (Å²) < 4.78 is 0. The van der Waals surface area contributed by atoms with Gasteiger partial charge in [0.25, 0.3) is 5.91 Å². The number of pyridine rings is 1. The van der Waals surface area contributed by atoms with Crippen LogP contribution in [0.3, 0.4) is 0 Å². The normalized spacial score (nSPS) is 16.9. The van der Waals surface area contributed by atoms with Crippen LogP contribution in [0.15, 0.2) is 23.0 Å². The number of hydrogen-bond acceptors (Lipinski definition) is 3. The van der Waals surface area contributed by atoms with E-state index in [-0.39, 0.29) is 11.5 Å². The molecule has 1 aliphatic rings. The smallest absolute Gasteiger partial charge is 0.270 e. The predicted molar refractivity (Wildman–Crippen MR) is 60.5 cm³/mol. The molecule has 0 atom stereocenters. The molecule has 1 saturated heterocycles. The topological polar surface area (TPSA) is 65.2 Å². The third kappa shape index (κ3) is 2.49. The van der Waals surface area contributed by atoms with Crippen LogP contribution < -0.4 is 10.9 Å². The van der Waals surface area contributed by atoms with Crippen molar-refractivity contribution in [1.29, 1.82) is 0 Å². The molecule has 0 bridgehead atoms. The van der Waals surface area contributed by atoms with E-state index < -0.39 is 0 Å². The van der Waals surface area contributed by atoms with Crippen LogP contribution in [0.2, 0.25) is 0 Å². The standard InChI is InChI=1S/C11H15N3O2/c15-10-4-1-3-9(13-10)11(16)14-7-2-5-12-6-8-14/h1,3-4,12H,2,5-8H2,(H,13,15). The number of amides is 1. The Labute approximate surface area is 93.5 Å². The number of hydrogen-bond donors (Lipinski definition) is 2. The summed E-state index contributed by atoms with van der Waals surface area (Å²) in [6.07, 6.45) is 0.947. The van der Waals surface area contributed by atoms with Crippen LogP contribution in [-0.2, 0) is 0 Å². The number of aromatic amines is 1. The van der Waals surface area contributed by atoms with Gasteiger partial charge >= 0.3 is 0 Å². The maximum atomic E-state index is 12.0. The van der Waals surface area contributed by atoms with Gasteiger partial charge in [-0.15, -0.1) is 0 Å². The van der Waals surface area contributed by atoms with Crippen molar-refractivity contribution < 1.29 is 4.79 Å². The Bertz CT molecular complexity index is 419. The molecule has 2 heterocycles. The van der Waals surface area contributed by atoms with Gasteiger partial charge in [0.15, 0.2) is 0 Å². The maximum Gasteiger partial charge on any atom is 0.270 e. The van der Waals surface area contributed by atoms with Crippen molar-refractivity contribution in [2.75, 3.05) is 26.2 Å². The highest BCUT2D eigenvalue weighted by molar-refractivity contribution is 5.92. The van der Waals surface area contributed by atoms with Gasteiger partial charge < -0.3 is 15.2 Å². The first-order chi connectivity index (χ1) is 7.77. The Morgan fingerprint density at radius 1 is 1.25 bits per heavy atom. The van der Waals surface area contributed by atoms with Crippen molar-refractivity contribution in [3.8, 4) is 0 Å². The van der Waals surface area contributed by atoms with E-state index in [1.807, 2.05) is 0 Å². The minimum absolute atomic E-state index is 0.0959. The van der Waals surface area contributed by atoms with Crippen molar-refractivity contribution in [3.63, 3.8) is 0 Å². The average molecular weight is 221 g/mol. The second-order valence-corrected chi connectivity index (χ2v) is 3.82. The molecule has 1 aliphatic heterocycles. The monoisotopic (exact) mass is 221 g/mol. The van der Waals surface area contributed by atoms with Crippen LogP contribution in [0, 0.1) is 0 Å². The highest BCUT2D eigenvalue weighted by Crippen LogP contribution is 2.02. The molecule has 0 aromatic carbocycles. The van der Waals surface area contributed by atoms with E-state index in [2.05, 4.69) is 10.3 Å². The highest BCUT2D eigenvalue weighted by atomic mass is 16.2. The minimum Gasteiger partial charge on any atom is -0.336 e. The van der Waals surface area contributed by atoms with Crippen LogP contribution in [0.25, 0.3) is 0 Å². The molecule has 2 rings (SSSR count). The fourth-order valence-corrected chi connectivity index (χ4v) is 1.79. The van der Waals surface area contributed by atoms with Crippen molar-refractivity contribution >= 4 is 5.91 Å². The summed E-state index contributed by atoms with van der Waals surface area (Å²) in [5.41, 5.74) is 0.133. The molecule has 1 aromatic heterocycles. The Balaban J connectivity index is 2.14. The molecule has 2 N–H and O–H groups in total. The van der Waals surface area contributed by atoms with E-state index in [1.165, 1.54) is 6.07 Å². The highest BCUT2D eigenvalue weighted by Gasteiger charge is 2.17. The van der Waals surface area contributed by atoms with E-state index in [0.717, 1.165) is 26.1 Å². The molecule has 1 amide bonds. The van der Waals surface area contributed by atoms with Gasteiger partial charge in [0, 0.05) is 25.7 Å². The molecule has 0 unspecified atom stereocenters. The SMILES string of the molecule is O=C(c1cccc(=O)[nH]1)N1CCCNCC1. The number of carbonyl (C=O) groups is 1. The van der Waals surface area contributed by atoms with E-state index in [9.17, 15) is 9.59 Å². The van der Waals surface area contributed by atoms with Crippen LogP contribution in [-0.4, -0.2) is 42.0 Å². The second kappa shape index (κ2) is 4.94. The lowest BCUT2D eigenvalue weighted by molar-refractivity contribution is 0.0760. The fraction of sp³-hybridized carbons (Fsp3) is 0.455. The lowest BCUT2D eigenvalue weighted by atomic mass is 10.3. The molecule has 0 spiro atoms. The molecule has 16 heavy (non-hydrogen) atoms. The van der Waals surface area contributed by atoms with E-state index >= 15 is 0 Å². The molecule has 1 fully saturated rings. The van der Waals surface area contributed by atoms with E-state index in [0.29, 0.717) is 12.2 Å². The summed E-state index contributed by atoms with van der Waals surface area (Å²) in [5.74, 6) is -0.0959. The Morgan fingerprint density at radius 3 is 2.94 bits per heavy atom. The van der Waals surface area contributed by atoms with Gasteiger partial charge in [0.1, 0.15) is 5.69 Å². The summed E-state index contributed by atoms with van der Waals surface area (Å²) in [7, 11) is 0. The number of H-pyrrole nitrogens is 1. The van der Waals surface area contributed by atoms with Gasteiger partial charge in [-0.3, -0.25) is 9.59 Å². The summed E-state index contributed by atoms with van der Waals surface area (Å²) in [5, 5.41) is 3.23. The molecular formula is C11H15N3O2. The van der Waals surface area contributed by atoms with Crippen molar-refractivity contribution in [3.05, 3.63) is 34.2 Å². The van der Waals surface area contributed by atoms with Crippen LogP contribution in [0.4, 0.5) is 0 Å². The lowest BCUT2D eigenvalue weighted by Gasteiger charge is -2.19. The van der Waals surface area contributed by atoms with Gasteiger partial charge in [0.2, 0.25) is 5.56 Å². The Kier molecular flexibility index (Phi) is 3.36. The third-order valence-corrected chi connectivity index (χ3v) is 2.63. The first kappa shape index (κ1) is 10.9. The minimum atomic E-state index is -0.237. The number of nitrogens with one attached hydrogen (secondary N) is 2. The summed E-state index contributed by atoms with van der Waals surface area (Å²) >= 11 is 0. The average Bonchev–Trinajstić information content (AvgIpc) is 2.56. The maximum absolute atomic E-state index is 12.0. The van der Waals surface area contributed by atoms with Gasteiger partial charge in [-0.1, -0.05) is 6.07 Å². The summed E-state index contributed by atoms with van der Waals surface area (Å²) in [6, 6.07) is 4.64. The van der Waals surface area contributed by atoms with Gasteiger partial charge in [-0.2, -0.15) is 0 Å². The van der Waals surface area contributed by atoms with E-state index in [4.69, 9.17) is 0 Å². The Morgan fingerprint density at radius 2 is 2.12 bits per heavy atom. The molecule has 5 nitrogen and oxygen atoms in total. The third-order valence-electron chi connectivity index (χ3n) is 2.63. The molecule has 0 radical (unpaired) electrons.